The van der Waals surface area contributed by atoms with E-state index in [4.69, 9.17) is 4.74 Å². The first-order valence-corrected chi connectivity index (χ1v) is 27.6. The third kappa shape index (κ3) is 47.8. The highest BCUT2D eigenvalue weighted by atomic mass is 16.5. The molecule has 0 aliphatic rings. The Labute approximate surface area is 386 Å². The molecule has 2 unspecified atom stereocenters. The standard InChI is InChI=1S/C56H107NO5/c1-3-5-7-9-11-13-15-17-19-21-22-24-26-30-34-38-42-46-50-56(61)62-51-47-43-39-35-31-27-29-33-37-41-45-49-55(60)57-53(52-58)54(59)48-44-40-36-32-28-25-23-20-18-16-14-12-10-8-6-4-2/h13,15,19,21,53-54,58-59H,3-12,14,16-18,20,22-52H2,1-2H3,(H,57,60)/b15-13-,21-19-. The third-order valence-corrected chi connectivity index (χ3v) is 12.8. The van der Waals surface area contributed by atoms with Crippen LogP contribution in [0.3, 0.4) is 0 Å². The summed E-state index contributed by atoms with van der Waals surface area (Å²) in [7, 11) is 0. The van der Waals surface area contributed by atoms with Crippen LogP contribution in [0.4, 0.5) is 0 Å². The van der Waals surface area contributed by atoms with Crippen molar-refractivity contribution in [2.75, 3.05) is 13.2 Å². The van der Waals surface area contributed by atoms with E-state index >= 15 is 0 Å². The molecule has 366 valence electrons. The van der Waals surface area contributed by atoms with Gasteiger partial charge in [0.2, 0.25) is 5.91 Å². The van der Waals surface area contributed by atoms with Crippen molar-refractivity contribution in [2.45, 2.75) is 309 Å². The predicted molar refractivity (Wildman–Crippen MR) is 269 cm³/mol. The maximum atomic E-state index is 12.5. The number of hydrogen-bond acceptors (Lipinski definition) is 5. The molecule has 0 aliphatic carbocycles. The van der Waals surface area contributed by atoms with Crippen molar-refractivity contribution in [1.29, 1.82) is 0 Å². The Kier molecular flexibility index (Phi) is 50.6. The molecular formula is C56H107NO5. The molecule has 0 aromatic rings. The summed E-state index contributed by atoms with van der Waals surface area (Å²) in [5.74, 6) is -0.0735. The quantitative estimate of drug-likeness (QED) is 0.0321. The second-order valence-corrected chi connectivity index (χ2v) is 18.9. The molecule has 0 saturated heterocycles. The monoisotopic (exact) mass is 874 g/mol. The van der Waals surface area contributed by atoms with Gasteiger partial charge in [0.15, 0.2) is 0 Å². The highest BCUT2D eigenvalue weighted by molar-refractivity contribution is 5.76. The van der Waals surface area contributed by atoms with Crippen LogP contribution in [0.2, 0.25) is 0 Å². The Morgan fingerprint density at radius 2 is 0.806 bits per heavy atom. The molecule has 0 spiro atoms. The van der Waals surface area contributed by atoms with Gasteiger partial charge in [0.05, 0.1) is 25.4 Å². The first kappa shape index (κ1) is 60.3. The molecule has 3 N–H and O–H groups in total. The number of unbranched alkanes of at least 4 members (excludes halogenated alkanes) is 36. The zero-order chi connectivity index (χ0) is 45.1. The molecule has 0 heterocycles. The topological polar surface area (TPSA) is 95.9 Å². The molecule has 0 saturated carbocycles. The fraction of sp³-hybridized carbons (Fsp3) is 0.893. The molecule has 1 amide bonds. The van der Waals surface area contributed by atoms with Crippen LogP contribution >= 0.6 is 0 Å². The van der Waals surface area contributed by atoms with Crippen LogP contribution in [-0.2, 0) is 14.3 Å². The number of allylic oxidation sites excluding steroid dienone is 4. The van der Waals surface area contributed by atoms with Gasteiger partial charge in [0, 0.05) is 12.8 Å². The molecule has 0 aliphatic heterocycles. The molecule has 6 heteroatoms. The minimum atomic E-state index is -0.677. The number of aliphatic hydroxyl groups is 2. The van der Waals surface area contributed by atoms with E-state index in [1.807, 2.05) is 0 Å². The van der Waals surface area contributed by atoms with E-state index < -0.39 is 12.1 Å². The number of amides is 1. The summed E-state index contributed by atoms with van der Waals surface area (Å²) in [6, 6.07) is -0.556. The van der Waals surface area contributed by atoms with Gasteiger partial charge in [-0.2, -0.15) is 0 Å². The summed E-state index contributed by atoms with van der Waals surface area (Å²) in [4.78, 5) is 24.5. The Bertz CT molecular complexity index is 966. The van der Waals surface area contributed by atoms with Crippen molar-refractivity contribution < 1.29 is 24.5 Å². The largest absolute Gasteiger partial charge is 0.466 e. The molecule has 0 bridgehead atoms. The number of carbonyl (C=O) groups excluding carboxylic acids is 2. The van der Waals surface area contributed by atoms with Crippen LogP contribution in [0.25, 0.3) is 0 Å². The lowest BCUT2D eigenvalue weighted by molar-refractivity contribution is -0.143. The maximum Gasteiger partial charge on any atom is 0.305 e. The molecule has 0 aromatic heterocycles. The second kappa shape index (κ2) is 52.0. The summed E-state index contributed by atoms with van der Waals surface area (Å²) in [5.41, 5.74) is 0. The van der Waals surface area contributed by atoms with Crippen LogP contribution in [0.5, 0.6) is 0 Å². The average molecular weight is 874 g/mol. The van der Waals surface area contributed by atoms with E-state index in [9.17, 15) is 19.8 Å². The van der Waals surface area contributed by atoms with E-state index in [1.165, 1.54) is 199 Å². The minimum absolute atomic E-state index is 0.0206. The smallest absolute Gasteiger partial charge is 0.305 e. The van der Waals surface area contributed by atoms with Gasteiger partial charge >= 0.3 is 5.97 Å². The summed E-state index contributed by atoms with van der Waals surface area (Å²) < 4.78 is 5.47. The van der Waals surface area contributed by atoms with Gasteiger partial charge in [-0.1, -0.05) is 250 Å². The highest BCUT2D eigenvalue weighted by Gasteiger charge is 2.20. The minimum Gasteiger partial charge on any atom is -0.466 e. The lowest BCUT2D eigenvalue weighted by Gasteiger charge is -2.22. The first-order chi connectivity index (χ1) is 30.5. The number of nitrogens with one attached hydrogen (secondary N) is 1. The lowest BCUT2D eigenvalue weighted by Crippen LogP contribution is -2.45. The van der Waals surface area contributed by atoms with Crippen molar-refractivity contribution in [2.24, 2.45) is 0 Å². The Balaban J connectivity index is 3.46. The van der Waals surface area contributed by atoms with Crippen LogP contribution in [0, 0.1) is 0 Å². The van der Waals surface area contributed by atoms with Crippen LogP contribution < -0.4 is 5.32 Å². The number of ether oxygens (including phenoxy) is 1. The van der Waals surface area contributed by atoms with Gasteiger partial charge in [-0.15, -0.1) is 0 Å². The molecule has 62 heavy (non-hydrogen) atoms. The number of aliphatic hydroxyl groups excluding tert-OH is 2. The van der Waals surface area contributed by atoms with Crippen molar-refractivity contribution in [3.8, 4) is 0 Å². The van der Waals surface area contributed by atoms with Crippen LogP contribution in [-0.4, -0.2) is 47.4 Å². The Morgan fingerprint density at radius 1 is 0.452 bits per heavy atom. The normalized spacial score (nSPS) is 12.8. The molecule has 6 nitrogen and oxygen atoms in total. The van der Waals surface area contributed by atoms with Gasteiger partial charge in [0.1, 0.15) is 0 Å². The van der Waals surface area contributed by atoms with E-state index in [2.05, 4.69) is 43.5 Å². The molecule has 0 fully saturated rings. The number of hydrogen-bond donors (Lipinski definition) is 3. The molecular weight excluding hydrogens is 767 g/mol. The van der Waals surface area contributed by atoms with Gasteiger partial charge in [-0.3, -0.25) is 9.59 Å². The Morgan fingerprint density at radius 3 is 1.24 bits per heavy atom. The molecule has 0 aromatic carbocycles. The van der Waals surface area contributed by atoms with E-state index in [-0.39, 0.29) is 18.5 Å². The number of rotatable bonds is 51. The zero-order valence-corrected chi connectivity index (χ0v) is 41.6. The fourth-order valence-corrected chi connectivity index (χ4v) is 8.49. The van der Waals surface area contributed by atoms with Crippen molar-refractivity contribution >= 4 is 11.9 Å². The molecule has 0 rings (SSSR count). The third-order valence-electron chi connectivity index (χ3n) is 12.8. The van der Waals surface area contributed by atoms with Crippen LogP contribution in [0.1, 0.15) is 296 Å². The summed E-state index contributed by atoms with van der Waals surface area (Å²) in [6.45, 7) is 4.90. The van der Waals surface area contributed by atoms with Gasteiger partial charge in [-0.05, 0) is 57.8 Å². The number of esters is 1. The first-order valence-electron chi connectivity index (χ1n) is 27.6. The predicted octanol–water partition coefficient (Wildman–Crippen LogP) is 16.7. The zero-order valence-electron chi connectivity index (χ0n) is 41.6. The summed E-state index contributed by atoms with van der Waals surface area (Å²) >= 11 is 0. The maximum absolute atomic E-state index is 12.5. The number of carbonyl (C=O) groups is 2. The van der Waals surface area contributed by atoms with E-state index in [0.29, 0.717) is 25.9 Å². The van der Waals surface area contributed by atoms with Gasteiger partial charge in [-0.25, -0.2) is 0 Å². The molecule has 0 radical (unpaired) electrons. The fourth-order valence-electron chi connectivity index (χ4n) is 8.49. The van der Waals surface area contributed by atoms with Crippen LogP contribution in [0.15, 0.2) is 24.3 Å². The Hall–Kier alpha value is -1.66. The molecule has 2 atom stereocenters. The van der Waals surface area contributed by atoms with E-state index in [1.54, 1.807) is 0 Å². The van der Waals surface area contributed by atoms with Crippen molar-refractivity contribution in [1.82, 2.24) is 5.32 Å². The average Bonchev–Trinajstić information content (AvgIpc) is 3.27. The van der Waals surface area contributed by atoms with Crippen molar-refractivity contribution in [3.05, 3.63) is 24.3 Å². The SMILES string of the molecule is CCCCCC/C=C\C/C=C\CCCCCCCCCC(=O)OCCCCCCCCCCCCCC(=O)NC(CO)C(O)CCCCCCCCCCCCCCCCCC. The van der Waals surface area contributed by atoms with Gasteiger partial charge < -0.3 is 20.3 Å². The summed E-state index contributed by atoms with van der Waals surface area (Å²) in [5, 5.41) is 23.3. The lowest BCUT2D eigenvalue weighted by atomic mass is 10.0. The second-order valence-electron chi connectivity index (χ2n) is 18.9. The van der Waals surface area contributed by atoms with E-state index in [0.717, 1.165) is 64.2 Å². The highest BCUT2D eigenvalue weighted by Crippen LogP contribution is 2.17. The summed E-state index contributed by atoms with van der Waals surface area (Å²) in [6.07, 6.45) is 61.5. The van der Waals surface area contributed by atoms with Gasteiger partial charge in [0.25, 0.3) is 0 Å². The van der Waals surface area contributed by atoms with Crippen molar-refractivity contribution in [3.63, 3.8) is 0 Å².